The van der Waals surface area contributed by atoms with E-state index in [0.717, 1.165) is 5.56 Å². The van der Waals surface area contributed by atoms with Crippen molar-refractivity contribution in [3.05, 3.63) is 29.3 Å². The number of hydrogen-bond donors (Lipinski definition) is 3. The Morgan fingerprint density at radius 2 is 1.95 bits per heavy atom. The molecule has 7 nitrogen and oxygen atoms in total. The van der Waals surface area contributed by atoms with Crippen LogP contribution >= 0.6 is 0 Å². The van der Waals surface area contributed by atoms with Crippen LogP contribution in [0.25, 0.3) is 0 Å². The number of aryl methyl sites for hydroxylation is 1. The van der Waals surface area contributed by atoms with Crippen molar-refractivity contribution in [1.82, 2.24) is 5.32 Å². The van der Waals surface area contributed by atoms with Gasteiger partial charge in [0.15, 0.2) is 0 Å². The van der Waals surface area contributed by atoms with E-state index in [4.69, 9.17) is 5.11 Å². The minimum Gasteiger partial charge on any atom is -0.480 e. The van der Waals surface area contributed by atoms with Crippen LogP contribution in [0.15, 0.2) is 18.2 Å². The van der Waals surface area contributed by atoms with Gasteiger partial charge in [0, 0.05) is 17.8 Å². The van der Waals surface area contributed by atoms with Crippen LogP contribution in [-0.4, -0.2) is 42.6 Å². The van der Waals surface area contributed by atoms with Crippen LogP contribution in [0.2, 0.25) is 0 Å². The molecule has 0 aliphatic carbocycles. The van der Waals surface area contributed by atoms with Crippen molar-refractivity contribution in [3.8, 4) is 0 Å². The lowest BCUT2D eigenvalue weighted by atomic mass is 10.1. The number of hydrogen-bond acceptors (Lipinski definition) is 4. The van der Waals surface area contributed by atoms with Crippen LogP contribution in [0, 0.1) is 6.92 Å². The zero-order valence-corrected chi connectivity index (χ0v) is 11.9. The number of carbonyl (C=O) groups excluding carboxylic acids is 2. The molecule has 0 unspecified atom stereocenters. The van der Waals surface area contributed by atoms with E-state index in [1.165, 1.54) is 0 Å². The molecule has 7 heteroatoms. The highest BCUT2D eigenvalue weighted by Crippen LogP contribution is 2.16. The lowest BCUT2D eigenvalue weighted by molar-refractivity contribution is -0.143. The van der Waals surface area contributed by atoms with Crippen molar-refractivity contribution in [1.29, 1.82) is 0 Å². The summed E-state index contributed by atoms with van der Waals surface area (Å²) in [5.74, 6) is -1.77. The largest absolute Gasteiger partial charge is 0.480 e. The third-order valence-electron chi connectivity index (χ3n) is 2.56. The Balaban J connectivity index is 2.62. The van der Waals surface area contributed by atoms with Gasteiger partial charge in [0.2, 0.25) is 5.91 Å². The quantitative estimate of drug-likeness (QED) is 0.689. The first-order chi connectivity index (χ1) is 9.93. The number of carboxylic acid groups (broad SMARTS) is 1. The number of carboxylic acids is 1. The predicted molar refractivity (Wildman–Crippen MR) is 76.3 cm³/mol. The molecule has 0 aliphatic heterocycles. The van der Waals surface area contributed by atoms with Gasteiger partial charge in [0.25, 0.3) is 5.91 Å². The number of aliphatic carboxylic acids is 1. The van der Waals surface area contributed by atoms with E-state index >= 15 is 0 Å². The monoisotopic (exact) mass is 294 g/mol. The van der Waals surface area contributed by atoms with Crippen LogP contribution in [0.3, 0.4) is 0 Å². The molecule has 114 valence electrons. The Morgan fingerprint density at radius 1 is 1.24 bits per heavy atom. The number of nitrogens with one attached hydrogen (secondary N) is 2. The first-order valence-corrected chi connectivity index (χ1v) is 6.42. The first kappa shape index (κ1) is 16.6. The van der Waals surface area contributed by atoms with Gasteiger partial charge < -0.3 is 20.5 Å². The fourth-order valence-corrected chi connectivity index (χ4v) is 1.63. The molecule has 0 aliphatic rings. The van der Waals surface area contributed by atoms with Crippen molar-refractivity contribution < 1.29 is 24.2 Å². The van der Waals surface area contributed by atoms with Crippen LogP contribution in [0.1, 0.15) is 22.8 Å². The van der Waals surface area contributed by atoms with Crippen LogP contribution in [0.5, 0.6) is 0 Å². The summed E-state index contributed by atoms with van der Waals surface area (Å²) in [6.45, 7) is 3.26. The second-order valence-electron chi connectivity index (χ2n) is 4.32. The molecule has 0 aromatic heterocycles. The highest BCUT2D eigenvalue weighted by atomic mass is 16.5. The number of rotatable bonds is 7. The summed E-state index contributed by atoms with van der Waals surface area (Å²) in [5.41, 5.74) is 1.78. The van der Waals surface area contributed by atoms with Crippen molar-refractivity contribution in [2.24, 2.45) is 0 Å². The van der Waals surface area contributed by atoms with Crippen molar-refractivity contribution in [2.45, 2.75) is 13.8 Å². The minimum atomic E-state index is -1.13. The maximum Gasteiger partial charge on any atom is 0.329 e. The second kappa shape index (κ2) is 8.01. The van der Waals surface area contributed by atoms with Crippen LogP contribution < -0.4 is 10.6 Å². The van der Waals surface area contributed by atoms with E-state index in [2.05, 4.69) is 15.4 Å². The molecule has 21 heavy (non-hydrogen) atoms. The van der Waals surface area contributed by atoms with Gasteiger partial charge in [0.05, 0.1) is 0 Å². The van der Waals surface area contributed by atoms with E-state index in [0.29, 0.717) is 17.8 Å². The third-order valence-corrected chi connectivity index (χ3v) is 2.56. The minimum absolute atomic E-state index is 0.178. The molecule has 0 saturated heterocycles. The number of carbonyl (C=O) groups is 3. The molecular weight excluding hydrogens is 276 g/mol. The molecule has 0 heterocycles. The Morgan fingerprint density at radius 3 is 2.52 bits per heavy atom. The lowest BCUT2D eigenvalue weighted by Crippen LogP contribution is -2.23. The third kappa shape index (κ3) is 5.62. The number of amides is 2. The second-order valence-corrected chi connectivity index (χ2v) is 4.32. The highest BCUT2D eigenvalue weighted by Gasteiger charge is 2.09. The summed E-state index contributed by atoms with van der Waals surface area (Å²) in [5, 5.41) is 13.7. The maximum absolute atomic E-state index is 11.7. The van der Waals surface area contributed by atoms with Gasteiger partial charge in [-0.25, -0.2) is 4.79 Å². The summed E-state index contributed by atoms with van der Waals surface area (Å²) >= 11 is 0. The van der Waals surface area contributed by atoms with E-state index < -0.39 is 18.5 Å². The summed E-state index contributed by atoms with van der Waals surface area (Å²) in [7, 11) is 0. The zero-order chi connectivity index (χ0) is 15.8. The van der Waals surface area contributed by atoms with Gasteiger partial charge in [-0.2, -0.15) is 0 Å². The predicted octanol–water partition coefficient (Wildman–Crippen LogP) is 0.784. The van der Waals surface area contributed by atoms with E-state index in [9.17, 15) is 14.4 Å². The summed E-state index contributed by atoms with van der Waals surface area (Å²) in [6, 6.07) is 4.89. The SMILES string of the molecule is CCNC(=O)c1ccc(NC(=O)COCC(=O)O)c(C)c1. The van der Waals surface area contributed by atoms with Gasteiger partial charge in [-0.05, 0) is 37.6 Å². The highest BCUT2D eigenvalue weighted by molar-refractivity contribution is 5.96. The van der Waals surface area contributed by atoms with Gasteiger partial charge in [0.1, 0.15) is 13.2 Å². The van der Waals surface area contributed by atoms with Gasteiger partial charge in [-0.3, -0.25) is 9.59 Å². The van der Waals surface area contributed by atoms with Gasteiger partial charge in [-0.1, -0.05) is 0 Å². The number of ether oxygens (including phenoxy) is 1. The molecule has 0 atom stereocenters. The molecule has 0 spiro atoms. The molecule has 0 radical (unpaired) electrons. The Bertz CT molecular complexity index is 542. The zero-order valence-electron chi connectivity index (χ0n) is 11.9. The Labute approximate surface area is 122 Å². The van der Waals surface area contributed by atoms with Crippen LogP contribution in [0.4, 0.5) is 5.69 Å². The first-order valence-electron chi connectivity index (χ1n) is 6.42. The number of anilines is 1. The van der Waals surface area contributed by atoms with Gasteiger partial charge >= 0.3 is 5.97 Å². The standard InChI is InChI=1S/C14H18N2O5/c1-3-15-14(20)10-4-5-11(9(2)6-10)16-12(17)7-21-8-13(18)19/h4-6H,3,7-8H2,1-2H3,(H,15,20)(H,16,17)(H,18,19). The lowest BCUT2D eigenvalue weighted by Gasteiger charge is -2.10. The molecule has 1 rings (SSSR count). The molecule has 0 fully saturated rings. The maximum atomic E-state index is 11.7. The fraction of sp³-hybridized carbons (Fsp3) is 0.357. The fourth-order valence-electron chi connectivity index (χ4n) is 1.63. The molecule has 1 aromatic rings. The summed E-state index contributed by atoms with van der Waals surface area (Å²) in [4.78, 5) is 33.5. The summed E-state index contributed by atoms with van der Waals surface area (Å²) < 4.78 is 4.69. The molecule has 2 amide bonds. The van der Waals surface area contributed by atoms with E-state index in [-0.39, 0.29) is 12.5 Å². The van der Waals surface area contributed by atoms with Gasteiger partial charge in [-0.15, -0.1) is 0 Å². The molecule has 3 N–H and O–H groups in total. The van der Waals surface area contributed by atoms with Crippen LogP contribution in [-0.2, 0) is 14.3 Å². The average Bonchev–Trinajstić information content (AvgIpc) is 2.41. The number of benzene rings is 1. The normalized spacial score (nSPS) is 10.0. The van der Waals surface area contributed by atoms with E-state index in [1.807, 2.05) is 6.92 Å². The average molecular weight is 294 g/mol. The van der Waals surface area contributed by atoms with E-state index in [1.54, 1.807) is 25.1 Å². The Kier molecular flexibility index (Phi) is 6.35. The van der Waals surface area contributed by atoms with Crippen molar-refractivity contribution >= 4 is 23.5 Å². The molecule has 0 bridgehead atoms. The smallest absolute Gasteiger partial charge is 0.329 e. The molecule has 0 saturated carbocycles. The Hall–Kier alpha value is -2.41. The van der Waals surface area contributed by atoms with Crippen molar-refractivity contribution in [3.63, 3.8) is 0 Å². The molecular formula is C14H18N2O5. The summed E-state index contributed by atoms with van der Waals surface area (Å²) in [6.07, 6.45) is 0. The molecule has 1 aromatic carbocycles. The topological polar surface area (TPSA) is 105 Å². The van der Waals surface area contributed by atoms with Crippen molar-refractivity contribution in [2.75, 3.05) is 25.1 Å².